The van der Waals surface area contributed by atoms with Gasteiger partial charge in [-0.05, 0) is 45.0 Å². The first-order chi connectivity index (χ1) is 16.3. The van der Waals surface area contributed by atoms with Crippen LogP contribution in [0.2, 0.25) is 0 Å². The van der Waals surface area contributed by atoms with E-state index in [9.17, 15) is 4.39 Å². The number of aromatic nitrogens is 6. The number of halogens is 1. The number of rotatable bonds is 5. The first-order valence-corrected chi connectivity index (χ1v) is 10.00. The molecule has 9 nitrogen and oxygen atoms in total. The van der Waals surface area contributed by atoms with Crippen molar-refractivity contribution in [3.8, 4) is 17.1 Å². The number of fused-ring (bicyclic) bond motifs is 1. The van der Waals surface area contributed by atoms with E-state index < -0.39 is 12.9 Å². The SMILES string of the molecule is [2H]C([2H])([2H])Oc1nc(C)ccc1-c1cc(Nc2cnc3c(F)cn(C4CCNCC4)c3n2)n[nH]1. The lowest BCUT2D eigenvalue weighted by Gasteiger charge is -2.24. The average molecular weight is 425 g/mol. The minimum absolute atomic E-state index is 0.0216. The van der Waals surface area contributed by atoms with Crippen molar-refractivity contribution in [3.05, 3.63) is 42.1 Å². The average Bonchev–Trinajstić information content (AvgIpc) is 3.38. The number of aromatic amines is 1. The Morgan fingerprint density at radius 1 is 1.26 bits per heavy atom. The van der Waals surface area contributed by atoms with Crippen LogP contribution in [0.5, 0.6) is 5.88 Å². The fourth-order valence-electron chi connectivity index (χ4n) is 3.87. The summed E-state index contributed by atoms with van der Waals surface area (Å²) in [4.78, 5) is 13.0. The molecule has 1 aliphatic rings. The van der Waals surface area contributed by atoms with Crippen LogP contribution in [-0.2, 0) is 0 Å². The van der Waals surface area contributed by atoms with Crippen molar-refractivity contribution in [1.82, 2.24) is 35.0 Å². The highest BCUT2D eigenvalue weighted by Crippen LogP contribution is 2.30. The van der Waals surface area contributed by atoms with Crippen molar-refractivity contribution < 1.29 is 13.2 Å². The highest BCUT2D eigenvalue weighted by molar-refractivity contribution is 5.75. The van der Waals surface area contributed by atoms with Crippen molar-refractivity contribution >= 4 is 22.8 Å². The van der Waals surface area contributed by atoms with Gasteiger partial charge >= 0.3 is 0 Å². The number of hydrogen-bond donors (Lipinski definition) is 3. The third-order valence-electron chi connectivity index (χ3n) is 5.40. The molecular weight excluding hydrogens is 399 g/mol. The van der Waals surface area contributed by atoms with Gasteiger partial charge in [0, 0.05) is 24.0 Å². The highest BCUT2D eigenvalue weighted by Gasteiger charge is 2.21. The van der Waals surface area contributed by atoms with Gasteiger partial charge < -0.3 is 19.9 Å². The molecule has 0 aromatic carbocycles. The highest BCUT2D eigenvalue weighted by atomic mass is 19.1. The Balaban J connectivity index is 1.43. The van der Waals surface area contributed by atoms with Crippen LogP contribution in [0.4, 0.5) is 16.0 Å². The molecule has 1 fully saturated rings. The van der Waals surface area contributed by atoms with Gasteiger partial charge in [-0.2, -0.15) is 5.10 Å². The van der Waals surface area contributed by atoms with Gasteiger partial charge in [-0.1, -0.05) is 0 Å². The van der Waals surface area contributed by atoms with Crippen LogP contribution in [0.15, 0.2) is 30.6 Å². The van der Waals surface area contributed by atoms with Gasteiger partial charge in [0.2, 0.25) is 5.88 Å². The molecule has 4 aromatic rings. The molecule has 3 N–H and O–H groups in total. The number of ether oxygens (including phenoxy) is 1. The molecule has 10 heteroatoms. The number of methoxy groups -OCH3 is 1. The molecule has 5 heterocycles. The summed E-state index contributed by atoms with van der Waals surface area (Å²) in [5.74, 6) is 0.402. The first-order valence-electron chi connectivity index (χ1n) is 11.5. The minimum atomic E-state index is -2.64. The monoisotopic (exact) mass is 425 g/mol. The number of pyridine rings is 1. The molecular formula is C21H23FN8O. The van der Waals surface area contributed by atoms with E-state index in [1.807, 2.05) is 4.57 Å². The first kappa shape index (κ1) is 16.2. The van der Waals surface area contributed by atoms with Crippen LogP contribution < -0.4 is 15.4 Å². The zero-order valence-corrected chi connectivity index (χ0v) is 16.8. The summed E-state index contributed by atoms with van der Waals surface area (Å²) in [5, 5.41) is 13.5. The molecule has 160 valence electrons. The van der Waals surface area contributed by atoms with Crippen molar-refractivity contribution in [2.24, 2.45) is 0 Å². The summed E-state index contributed by atoms with van der Waals surface area (Å²) in [5.41, 5.74) is 2.27. The Bertz CT molecular complexity index is 1330. The summed E-state index contributed by atoms with van der Waals surface area (Å²) in [7, 11) is -2.64. The van der Waals surface area contributed by atoms with Crippen molar-refractivity contribution in [2.75, 3.05) is 25.4 Å². The molecule has 4 aromatic heterocycles. The summed E-state index contributed by atoms with van der Waals surface area (Å²) in [6, 6.07) is 5.29. The molecule has 0 saturated carbocycles. The molecule has 0 radical (unpaired) electrons. The Morgan fingerprint density at radius 3 is 2.97 bits per heavy atom. The predicted octanol–water partition coefficient (Wildman–Crippen LogP) is 3.34. The number of hydrogen-bond acceptors (Lipinski definition) is 7. The maximum absolute atomic E-state index is 14.5. The molecule has 0 bridgehead atoms. The molecule has 0 aliphatic carbocycles. The lowest BCUT2D eigenvalue weighted by molar-refractivity contribution is 0.372. The molecule has 0 atom stereocenters. The van der Waals surface area contributed by atoms with E-state index in [0.29, 0.717) is 34.2 Å². The second-order valence-corrected chi connectivity index (χ2v) is 7.49. The van der Waals surface area contributed by atoms with Gasteiger partial charge in [0.1, 0.15) is 5.52 Å². The molecule has 0 unspecified atom stereocenters. The van der Waals surface area contributed by atoms with Crippen LogP contribution in [0.3, 0.4) is 0 Å². The van der Waals surface area contributed by atoms with Crippen LogP contribution in [0.25, 0.3) is 22.4 Å². The predicted molar refractivity (Wildman–Crippen MR) is 115 cm³/mol. The Labute approximate surface area is 182 Å². The normalized spacial score (nSPS) is 16.6. The van der Waals surface area contributed by atoms with Crippen LogP contribution in [0, 0.1) is 12.7 Å². The third kappa shape index (κ3) is 3.70. The van der Waals surface area contributed by atoms with E-state index in [0.717, 1.165) is 25.9 Å². The van der Waals surface area contributed by atoms with Crippen LogP contribution in [-0.4, -0.2) is 49.8 Å². The van der Waals surface area contributed by atoms with Gasteiger partial charge in [0.15, 0.2) is 23.1 Å². The maximum atomic E-state index is 14.5. The van der Waals surface area contributed by atoms with Crippen LogP contribution >= 0.6 is 0 Å². The number of nitrogens with one attached hydrogen (secondary N) is 3. The fraction of sp³-hybridized carbons (Fsp3) is 0.333. The van der Waals surface area contributed by atoms with E-state index in [2.05, 4.69) is 35.8 Å². The maximum Gasteiger partial charge on any atom is 0.222 e. The summed E-state index contributed by atoms with van der Waals surface area (Å²) >= 11 is 0. The van der Waals surface area contributed by atoms with Gasteiger partial charge in [-0.15, -0.1) is 0 Å². The van der Waals surface area contributed by atoms with Gasteiger partial charge in [-0.25, -0.2) is 19.3 Å². The largest absolute Gasteiger partial charge is 0.480 e. The quantitative estimate of drug-likeness (QED) is 0.450. The van der Waals surface area contributed by atoms with E-state index >= 15 is 0 Å². The number of anilines is 2. The van der Waals surface area contributed by atoms with E-state index in [1.54, 1.807) is 25.1 Å². The van der Waals surface area contributed by atoms with Crippen LogP contribution in [0.1, 0.15) is 28.7 Å². The lowest BCUT2D eigenvalue weighted by atomic mass is 10.1. The number of aryl methyl sites for hydroxylation is 1. The molecule has 0 amide bonds. The Kier molecular flexibility index (Phi) is 4.16. The number of nitrogens with zero attached hydrogens (tertiary/aromatic N) is 5. The zero-order valence-electron chi connectivity index (χ0n) is 19.8. The summed E-state index contributed by atoms with van der Waals surface area (Å²) in [6.07, 6.45) is 4.68. The Morgan fingerprint density at radius 2 is 2.13 bits per heavy atom. The Hall–Kier alpha value is -3.53. The molecule has 5 rings (SSSR count). The number of piperidine rings is 1. The third-order valence-corrected chi connectivity index (χ3v) is 5.40. The van der Waals surface area contributed by atoms with Crippen molar-refractivity contribution in [1.29, 1.82) is 0 Å². The summed E-state index contributed by atoms with van der Waals surface area (Å²) in [6.45, 7) is 3.48. The van der Waals surface area contributed by atoms with E-state index in [-0.39, 0.29) is 17.4 Å². The van der Waals surface area contributed by atoms with Gasteiger partial charge in [0.25, 0.3) is 0 Å². The van der Waals surface area contributed by atoms with Crippen molar-refractivity contribution in [3.63, 3.8) is 0 Å². The molecule has 0 spiro atoms. The molecule has 31 heavy (non-hydrogen) atoms. The van der Waals surface area contributed by atoms with Crippen molar-refractivity contribution in [2.45, 2.75) is 25.8 Å². The molecule has 1 saturated heterocycles. The topological polar surface area (TPSA) is 106 Å². The lowest BCUT2D eigenvalue weighted by Crippen LogP contribution is -2.29. The fourth-order valence-corrected chi connectivity index (χ4v) is 3.87. The zero-order chi connectivity index (χ0) is 23.9. The van der Waals surface area contributed by atoms with E-state index in [4.69, 9.17) is 8.85 Å². The number of H-pyrrole nitrogens is 1. The smallest absolute Gasteiger partial charge is 0.222 e. The molecule has 1 aliphatic heterocycles. The standard InChI is InChI=1S/C21H23FN8O/c1-12-3-4-14(21(25-12)31-2)16-9-17(29-28-16)26-18-10-24-19-15(22)11-30(20(19)27-18)13-5-7-23-8-6-13/h3-4,9-11,13,23H,5-8H2,1-2H3,(H2,26,27,28,29)/i2D3. The van der Waals surface area contributed by atoms with Gasteiger partial charge in [-0.3, -0.25) is 5.10 Å². The second-order valence-electron chi connectivity index (χ2n) is 7.49. The van der Waals surface area contributed by atoms with Gasteiger partial charge in [0.05, 0.1) is 28.6 Å². The van der Waals surface area contributed by atoms with E-state index in [1.165, 1.54) is 12.4 Å². The summed E-state index contributed by atoms with van der Waals surface area (Å²) < 4.78 is 43.6. The minimum Gasteiger partial charge on any atom is -0.480 e. The second kappa shape index (κ2) is 7.95.